The fourth-order valence-corrected chi connectivity index (χ4v) is 4.75. The van der Waals surface area contributed by atoms with Crippen LogP contribution in [-0.2, 0) is 17.4 Å². The van der Waals surface area contributed by atoms with Gasteiger partial charge in [-0.1, -0.05) is 64.1 Å². The monoisotopic (exact) mass is 432 g/mol. The van der Waals surface area contributed by atoms with E-state index in [0.717, 1.165) is 37.1 Å². The van der Waals surface area contributed by atoms with Crippen LogP contribution in [-0.4, -0.2) is 40.1 Å². The third kappa shape index (κ3) is 4.22. The van der Waals surface area contributed by atoms with Crippen molar-refractivity contribution in [2.45, 2.75) is 64.0 Å². The molecule has 1 aliphatic carbocycles. The average Bonchev–Trinajstić information content (AvgIpc) is 3.24. The summed E-state index contributed by atoms with van der Waals surface area (Å²) in [7, 11) is 0. The third-order valence-corrected chi connectivity index (χ3v) is 6.97. The fraction of sp³-hybridized carbons (Fsp3) is 0.407. The number of carboxylic acids is 1. The van der Waals surface area contributed by atoms with Gasteiger partial charge in [0.25, 0.3) is 0 Å². The number of rotatable bonds is 5. The van der Waals surface area contributed by atoms with E-state index >= 15 is 0 Å². The van der Waals surface area contributed by atoms with Gasteiger partial charge in [-0.05, 0) is 51.8 Å². The van der Waals surface area contributed by atoms with E-state index in [1.54, 1.807) is 12.1 Å². The summed E-state index contributed by atoms with van der Waals surface area (Å²) in [5, 5.41) is 26.6. The first-order valence-corrected chi connectivity index (χ1v) is 11.2. The molecule has 1 heterocycles. The van der Waals surface area contributed by atoms with Gasteiger partial charge in [-0.2, -0.15) is 5.10 Å². The minimum Gasteiger partial charge on any atom is -0.478 e. The molecule has 5 nitrogen and oxygen atoms in total. The van der Waals surface area contributed by atoms with E-state index in [9.17, 15) is 9.90 Å². The van der Waals surface area contributed by atoms with Crippen LogP contribution in [0.2, 0.25) is 0 Å². The molecule has 0 radical (unpaired) electrons. The molecule has 0 spiro atoms. The van der Waals surface area contributed by atoms with Gasteiger partial charge in [0.05, 0.1) is 18.2 Å². The van der Waals surface area contributed by atoms with Gasteiger partial charge in [0.1, 0.15) is 0 Å². The molecule has 1 aliphatic heterocycles. The van der Waals surface area contributed by atoms with Crippen molar-refractivity contribution in [2.75, 3.05) is 6.54 Å². The van der Waals surface area contributed by atoms with Crippen molar-refractivity contribution in [3.8, 4) is 0 Å². The van der Waals surface area contributed by atoms with Gasteiger partial charge < -0.3 is 10.2 Å². The van der Waals surface area contributed by atoms with Crippen molar-refractivity contribution in [1.82, 2.24) is 5.01 Å². The van der Waals surface area contributed by atoms with Crippen molar-refractivity contribution in [3.05, 3.63) is 69.8 Å². The number of aliphatic hydroxyl groups is 1. The Hall–Kier alpha value is -2.92. The summed E-state index contributed by atoms with van der Waals surface area (Å²) < 4.78 is 0. The molecule has 2 N–H and O–H groups in total. The zero-order valence-corrected chi connectivity index (χ0v) is 19.3. The maximum atomic E-state index is 11.1. The van der Waals surface area contributed by atoms with Crippen molar-refractivity contribution < 1.29 is 15.0 Å². The van der Waals surface area contributed by atoms with E-state index in [2.05, 4.69) is 56.0 Å². The van der Waals surface area contributed by atoms with Crippen LogP contribution in [0.15, 0.2) is 41.5 Å². The SMILES string of the molecule is CC1(C)C[C@@H](O)C(C)(C)c2cc(/C=C/c3ccc(C(=O)O)cc3)c(CN3CCC=N3)cc21. The maximum Gasteiger partial charge on any atom is 0.335 e. The Kier molecular flexibility index (Phi) is 5.72. The summed E-state index contributed by atoms with van der Waals surface area (Å²) in [4.78, 5) is 11.1. The Bertz CT molecular complexity index is 1080. The Morgan fingerprint density at radius 1 is 1.12 bits per heavy atom. The third-order valence-electron chi connectivity index (χ3n) is 6.97. The summed E-state index contributed by atoms with van der Waals surface area (Å²) in [6, 6.07) is 11.4. The number of benzene rings is 2. The Morgan fingerprint density at radius 3 is 2.47 bits per heavy atom. The van der Waals surface area contributed by atoms with Crippen molar-refractivity contribution in [3.63, 3.8) is 0 Å². The van der Waals surface area contributed by atoms with Gasteiger partial charge in [-0.15, -0.1) is 0 Å². The molecule has 1 atom stereocenters. The number of hydrogen-bond acceptors (Lipinski definition) is 4. The largest absolute Gasteiger partial charge is 0.478 e. The highest BCUT2D eigenvalue weighted by atomic mass is 16.4. The van der Waals surface area contributed by atoms with E-state index in [1.807, 2.05) is 24.4 Å². The molecule has 2 aromatic rings. The van der Waals surface area contributed by atoms with Crippen LogP contribution in [0.25, 0.3) is 12.2 Å². The first kappa shape index (κ1) is 22.3. The molecule has 5 heteroatoms. The van der Waals surface area contributed by atoms with E-state index < -0.39 is 12.1 Å². The fourth-order valence-electron chi connectivity index (χ4n) is 4.75. The Morgan fingerprint density at radius 2 is 1.84 bits per heavy atom. The zero-order chi connectivity index (χ0) is 23.1. The Balaban J connectivity index is 1.77. The molecular weight excluding hydrogens is 400 g/mol. The number of hydrogen-bond donors (Lipinski definition) is 2. The van der Waals surface area contributed by atoms with Crippen LogP contribution < -0.4 is 0 Å². The van der Waals surface area contributed by atoms with Crippen molar-refractivity contribution in [2.24, 2.45) is 5.10 Å². The standard InChI is InChI=1S/C27H32N2O3/c1-26(2)16-24(30)27(3,4)23-14-20(11-8-18-6-9-19(10-7-18)25(31)32)21(15-22(23)26)17-29-13-5-12-28-29/h6-12,14-15,24,30H,5,13,16-17H2,1-4H3,(H,31,32)/b11-8+/t24-/m1/s1. The minimum atomic E-state index is -0.924. The van der Waals surface area contributed by atoms with Crippen LogP contribution in [0, 0.1) is 0 Å². The van der Waals surface area contributed by atoms with Crippen molar-refractivity contribution >= 4 is 24.3 Å². The number of fused-ring (bicyclic) bond motifs is 1. The van der Waals surface area contributed by atoms with Gasteiger partial charge in [0, 0.05) is 24.6 Å². The molecule has 0 saturated heterocycles. The van der Waals surface area contributed by atoms with Gasteiger partial charge in [0.2, 0.25) is 0 Å². The second-order valence-electron chi connectivity index (χ2n) is 10.2. The van der Waals surface area contributed by atoms with Crippen LogP contribution in [0.3, 0.4) is 0 Å². The van der Waals surface area contributed by atoms with Crippen molar-refractivity contribution in [1.29, 1.82) is 0 Å². The van der Waals surface area contributed by atoms with Crippen LogP contribution in [0.4, 0.5) is 0 Å². The molecule has 32 heavy (non-hydrogen) atoms. The molecule has 0 saturated carbocycles. The van der Waals surface area contributed by atoms with Gasteiger partial charge >= 0.3 is 5.97 Å². The molecule has 2 aliphatic rings. The number of aromatic carboxylic acids is 1. The highest BCUT2D eigenvalue weighted by molar-refractivity contribution is 5.88. The summed E-state index contributed by atoms with van der Waals surface area (Å²) in [6.07, 6.45) is 7.37. The highest BCUT2D eigenvalue weighted by Crippen LogP contribution is 2.47. The smallest absolute Gasteiger partial charge is 0.335 e. The van der Waals surface area contributed by atoms with E-state index in [0.29, 0.717) is 0 Å². The summed E-state index contributed by atoms with van der Waals surface area (Å²) >= 11 is 0. The number of carboxylic acid groups (broad SMARTS) is 1. The number of nitrogens with zero attached hydrogens (tertiary/aromatic N) is 2. The quantitative estimate of drug-likeness (QED) is 0.647. The van der Waals surface area contributed by atoms with Gasteiger partial charge in [-0.3, -0.25) is 5.01 Å². The predicted octanol–water partition coefficient (Wildman–Crippen LogP) is 5.07. The minimum absolute atomic E-state index is 0.109. The van der Waals surface area contributed by atoms with E-state index in [1.165, 1.54) is 16.7 Å². The molecule has 0 amide bonds. The first-order chi connectivity index (χ1) is 15.1. The van der Waals surface area contributed by atoms with Crippen LogP contribution in [0.1, 0.15) is 78.7 Å². The zero-order valence-electron chi connectivity index (χ0n) is 19.3. The van der Waals surface area contributed by atoms with E-state index in [4.69, 9.17) is 5.11 Å². The summed E-state index contributed by atoms with van der Waals surface area (Å²) in [5.41, 5.74) is 5.58. The first-order valence-electron chi connectivity index (χ1n) is 11.2. The Labute approximate surface area is 190 Å². The summed E-state index contributed by atoms with van der Waals surface area (Å²) in [5.74, 6) is -0.924. The second kappa shape index (κ2) is 8.21. The molecule has 0 unspecified atom stereocenters. The number of aliphatic hydroxyl groups excluding tert-OH is 1. The molecule has 0 fully saturated rings. The lowest BCUT2D eigenvalue weighted by molar-refractivity contribution is 0.0582. The molecule has 4 rings (SSSR count). The van der Waals surface area contributed by atoms with Crippen LogP contribution >= 0.6 is 0 Å². The second-order valence-corrected chi connectivity index (χ2v) is 10.2. The lowest BCUT2D eigenvalue weighted by atomic mass is 9.61. The predicted molar refractivity (Wildman–Crippen MR) is 129 cm³/mol. The lowest BCUT2D eigenvalue weighted by Gasteiger charge is -2.46. The van der Waals surface area contributed by atoms with Crippen LogP contribution in [0.5, 0.6) is 0 Å². The topological polar surface area (TPSA) is 73.1 Å². The molecule has 2 aromatic carbocycles. The summed E-state index contributed by atoms with van der Waals surface area (Å²) in [6.45, 7) is 10.3. The maximum absolute atomic E-state index is 11.1. The molecule has 168 valence electrons. The molecular formula is C27H32N2O3. The highest BCUT2D eigenvalue weighted by Gasteiger charge is 2.43. The number of hydrazone groups is 1. The van der Waals surface area contributed by atoms with Gasteiger partial charge in [0.15, 0.2) is 0 Å². The molecule has 0 bridgehead atoms. The molecule has 0 aromatic heterocycles. The lowest BCUT2D eigenvalue weighted by Crippen LogP contribution is -2.45. The average molecular weight is 433 g/mol. The normalized spacial score (nSPS) is 21.2. The number of carbonyl (C=O) groups is 1. The van der Waals surface area contributed by atoms with Gasteiger partial charge in [-0.25, -0.2) is 4.79 Å². The van der Waals surface area contributed by atoms with E-state index in [-0.39, 0.29) is 16.4 Å².